The van der Waals surface area contributed by atoms with E-state index >= 15 is 0 Å². The van der Waals surface area contributed by atoms with Gasteiger partial charge in [-0.05, 0) is 76.7 Å². The number of rotatable bonds is 4. The summed E-state index contributed by atoms with van der Waals surface area (Å²) in [4.78, 5) is 18.0. The molecule has 2 aliphatic heterocycles. The molecule has 2 aromatic rings. The van der Waals surface area contributed by atoms with Gasteiger partial charge in [-0.25, -0.2) is 4.68 Å². The monoisotopic (exact) mass is 446 g/mol. The fraction of sp³-hybridized carbons (Fsp3) is 0.583. The molecule has 2 saturated heterocycles. The lowest BCUT2D eigenvalue weighted by Gasteiger charge is -2.36. The number of hydrogen-bond donors (Lipinski definition) is 0. The molecule has 5 rings (SSSR count). The van der Waals surface area contributed by atoms with E-state index in [9.17, 15) is 18.0 Å². The van der Waals surface area contributed by atoms with Crippen molar-refractivity contribution < 1.29 is 18.0 Å². The molecule has 0 radical (unpaired) electrons. The number of amides is 1. The van der Waals surface area contributed by atoms with Crippen molar-refractivity contribution in [3.63, 3.8) is 0 Å². The van der Waals surface area contributed by atoms with Crippen LogP contribution in [-0.4, -0.2) is 57.7 Å². The number of aromatic nitrogens is 2. The maximum atomic E-state index is 13.6. The lowest BCUT2D eigenvalue weighted by Crippen LogP contribution is -2.46. The molecule has 3 aliphatic rings. The predicted molar refractivity (Wildman–Crippen MR) is 115 cm³/mol. The maximum Gasteiger partial charge on any atom is 0.416 e. The molecule has 8 heteroatoms. The summed E-state index contributed by atoms with van der Waals surface area (Å²) < 4.78 is 41.2. The van der Waals surface area contributed by atoms with Crippen LogP contribution < -0.4 is 0 Å². The van der Waals surface area contributed by atoms with Gasteiger partial charge in [0.2, 0.25) is 0 Å². The molecule has 3 fully saturated rings. The van der Waals surface area contributed by atoms with Crippen LogP contribution in [0.15, 0.2) is 24.3 Å². The Morgan fingerprint density at radius 2 is 1.72 bits per heavy atom. The van der Waals surface area contributed by atoms with Crippen molar-refractivity contribution in [1.29, 1.82) is 0 Å². The van der Waals surface area contributed by atoms with Crippen molar-refractivity contribution in [2.24, 2.45) is 0 Å². The molecule has 5 nitrogen and oxygen atoms in total. The molecule has 32 heavy (non-hydrogen) atoms. The number of carbonyl (C=O) groups is 1. The van der Waals surface area contributed by atoms with Crippen molar-refractivity contribution >= 4 is 5.91 Å². The smallest absolute Gasteiger partial charge is 0.338 e. The van der Waals surface area contributed by atoms with Gasteiger partial charge in [0.15, 0.2) is 0 Å². The highest BCUT2D eigenvalue weighted by Crippen LogP contribution is 2.42. The predicted octanol–water partition coefficient (Wildman–Crippen LogP) is 4.78. The molecular formula is C24H29F3N4O. The maximum absolute atomic E-state index is 13.6. The van der Waals surface area contributed by atoms with Crippen LogP contribution in [0.3, 0.4) is 0 Å². The topological polar surface area (TPSA) is 41.4 Å². The van der Waals surface area contributed by atoms with E-state index in [4.69, 9.17) is 0 Å². The zero-order valence-electron chi connectivity index (χ0n) is 18.4. The van der Waals surface area contributed by atoms with Crippen LogP contribution in [0.4, 0.5) is 13.2 Å². The van der Waals surface area contributed by atoms with E-state index in [2.05, 4.69) is 10.00 Å². The van der Waals surface area contributed by atoms with Gasteiger partial charge in [-0.1, -0.05) is 6.07 Å². The molecule has 1 amide bonds. The Hall–Kier alpha value is -2.35. The Morgan fingerprint density at radius 1 is 1.03 bits per heavy atom. The molecule has 1 saturated carbocycles. The van der Waals surface area contributed by atoms with Gasteiger partial charge in [0.05, 0.1) is 28.2 Å². The van der Waals surface area contributed by atoms with Crippen molar-refractivity contribution in [2.75, 3.05) is 26.2 Å². The third kappa shape index (κ3) is 4.05. The fourth-order valence-electron chi connectivity index (χ4n) is 5.20. The molecule has 0 atom stereocenters. The molecule has 0 N–H and O–H groups in total. The van der Waals surface area contributed by atoms with Gasteiger partial charge in [-0.2, -0.15) is 18.3 Å². The second-order valence-corrected chi connectivity index (χ2v) is 9.35. The van der Waals surface area contributed by atoms with E-state index in [0.717, 1.165) is 69.7 Å². The molecule has 0 bridgehead atoms. The Labute approximate surface area is 186 Å². The molecule has 0 spiro atoms. The van der Waals surface area contributed by atoms with Gasteiger partial charge in [-0.3, -0.25) is 4.79 Å². The average Bonchev–Trinajstić information content (AvgIpc) is 3.36. The zero-order valence-corrected chi connectivity index (χ0v) is 18.4. The minimum atomic E-state index is -4.42. The third-order valence-corrected chi connectivity index (χ3v) is 7.15. The minimum Gasteiger partial charge on any atom is -0.338 e. The van der Waals surface area contributed by atoms with Gasteiger partial charge >= 0.3 is 6.18 Å². The molecule has 3 heterocycles. The summed E-state index contributed by atoms with van der Waals surface area (Å²) in [5.41, 5.74) is 1.58. The first kappa shape index (κ1) is 21.5. The van der Waals surface area contributed by atoms with Gasteiger partial charge in [0.25, 0.3) is 5.91 Å². The van der Waals surface area contributed by atoms with Crippen molar-refractivity contribution in [2.45, 2.75) is 63.6 Å². The van der Waals surface area contributed by atoms with Gasteiger partial charge < -0.3 is 9.80 Å². The van der Waals surface area contributed by atoms with E-state index < -0.39 is 11.7 Å². The highest BCUT2D eigenvalue weighted by Gasteiger charge is 2.37. The summed E-state index contributed by atoms with van der Waals surface area (Å²) in [6.45, 7) is 5.56. The summed E-state index contributed by atoms with van der Waals surface area (Å²) >= 11 is 0. The Bertz CT molecular complexity index is 997. The standard InChI is InChI=1S/C24H29F3N4O/c1-16-21(23(32)30-13-9-19(10-14-30)29-11-2-3-12-29)22(17-7-8-17)28-31(16)20-6-4-5-18(15-20)24(25,26)27/h4-6,15,17,19H,2-3,7-14H2,1H3. The number of carbonyl (C=O) groups excluding carboxylic acids is 1. The van der Waals surface area contributed by atoms with E-state index in [1.807, 2.05) is 4.90 Å². The lowest BCUT2D eigenvalue weighted by molar-refractivity contribution is -0.137. The second kappa shape index (κ2) is 8.21. The fourth-order valence-corrected chi connectivity index (χ4v) is 5.20. The highest BCUT2D eigenvalue weighted by atomic mass is 19.4. The van der Waals surface area contributed by atoms with Crippen LogP contribution in [-0.2, 0) is 6.18 Å². The average molecular weight is 447 g/mol. The first-order valence-electron chi connectivity index (χ1n) is 11.6. The van der Waals surface area contributed by atoms with Crippen LogP contribution >= 0.6 is 0 Å². The van der Waals surface area contributed by atoms with Crippen molar-refractivity contribution in [3.8, 4) is 5.69 Å². The van der Waals surface area contributed by atoms with Crippen LogP contribution in [0.1, 0.15) is 71.8 Å². The number of alkyl halides is 3. The summed E-state index contributed by atoms with van der Waals surface area (Å²) in [5.74, 6) is 0.198. The van der Waals surface area contributed by atoms with Crippen molar-refractivity contribution in [1.82, 2.24) is 19.6 Å². The summed E-state index contributed by atoms with van der Waals surface area (Å²) in [6.07, 6.45) is 1.99. The first-order chi connectivity index (χ1) is 15.3. The Morgan fingerprint density at radius 3 is 2.34 bits per heavy atom. The summed E-state index contributed by atoms with van der Waals surface area (Å²) in [6, 6.07) is 5.72. The second-order valence-electron chi connectivity index (χ2n) is 9.35. The number of halogens is 3. The number of benzene rings is 1. The molecule has 1 aromatic carbocycles. The van der Waals surface area contributed by atoms with E-state index in [1.54, 1.807) is 13.0 Å². The highest BCUT2D eigenvalue weighted by molar-refractivity contribution is 5.97. The SMILES string of the molecule is Cc1c(C(=O)N2CCC(N3CCCC3)CC2)c(C2CC2)nn1-c1cccc(C(F)(F)F)c1. The van der Waals surface area contributed by atoms with E-state index in [0.29, 0.717) is 23.0 Å². The molecular weight excluding hydrogens is 417 g/mol. The largest absolute Gasteiger partial charge is 0.416 e. The quantitative estimate of drug-likeness (QED) is 0.679. The van der Waals surface area contributed by atoms with Gasteiger partial charge in [0.1, 0.15) is 0 Å². The molecule has 172 valence electrons. The van der Waals surface area contributed by atoms with Crippen LogP contribution in [0, 0.1) is 6.92 Å². The van der Waals surface area contributed by atoms with E-state index in [1.165, 1.54) is 23.6 Å². The number of piperidine rings is 1. The van der Waals surface area contributed by atoms with Gasteiger partial charge in [0, 0.05) is 25.0 Å². The van der Waals surface area contributed by atoms with Crippen molar-refractivity contribution in [3.05, 3.63) is 46.8 Å². The molecule has 0 unspecified atom stereocenters. The van der Waals surface area contributed by atoms with Crippen LogP contribution in [0.5, 0.6) is 0 Å². The van der Waals surface area contributed by atoms with Crippen LogP contribution in [0.25, 0.3) is 5.69 Å². The normalized spacial score (nSPS) is 20.8. The Kier molecular flexibility index (Phi) is 5.51. The third-order valence-electron chi connectivity index (χ3n) is 7.15. The number of nitrogens with zero attached hydrogens (tertiary/aromatic N) is 4. The number of hydrogen-bond acceptors (Lipinski definition) is 3. The number of likely N-dealkylation sites (tertiary alicyclic amines) is 2. The lowest BCUT2D eigenvalue weighted by atomic mass is 10.0. The summed E-state index contributed by atoms with van der Waals surface area (Å²) in [5, 5.41) is 4.65. The van der Waals surface area contributed by atoms with Crippen LogP contribution in [0.2, 0.25) is 0 Å². The van der Waals surface area contributed by atoms with Gasteiger partial charge in [-0.15, -0.1) is 0 Å². The first-order valence-corrected chi connectivity index (χ1v) is 11.6. The molecule has 1 aliphatic carbocycles. The zero-order chi connectivity index (χ0) is 22.5. The summed E-state index contributed by atoms with van der Waals surface area (Å²) in [7, 11) is 0. The Balaban J connectivity index is 1.41. The minimum absolute atomic E-state index is 0.0255. The van der Waals surface area contributed by atoms with E-state index in [-0.39, 0.29) is 11.8 Å². The molecule has 1 aromatic heterocycles.